The average Bonchev–Trinajstić information content (AvgIpc) is 2.60. The smallest absolute Gasteiger partial charge is 0.412 e. The van der Waals surface area contributed by atoms with Gasteiger partial charge in [-0.2, -0.15) is 0 Å². The molecule has 0 aliphatic heterocycles. The number of benzene rings is 1. The highest BCUT2D eigenvalue weighted by Gasteiger charge is 2.28. The lowest BCUT2D eigenvalue weighted by Crippen LogP contribution is -2.22. The third-order valence-corrected chi connectivity index (χ3v) is 4.88. The molecular formula is C21H29N3O3S. The first-order chi connectivity index (χ1) is 12.9. The van der Waals surface area contributed by atoms with Gasteiger partial charge in [-0.25, -0.2) is 14.8 Å². The molecule has 6 nitrogen and oxygen atoms in total. The normalized spacial score (nSPS) is 12.0. The second-order valence-corrected chi connectivity index (χ2v) is 9.40. The summed E-state index contributed by atoms with van der Waals surface area (Å²) >= 11 is 1.41. The van der Waals surface area contributed by atoms with Gasteiger partial charge in [-0.05, 0) is 29.2 Å². The van der Waals surface area contributed by atoms with E-state index in [-0.39, 0.29) is 22.3 Å². The Morgan fingerprint density at radius 2 is 1.64 bits per heavy atom. The zero-order chi connectivity index (χ0) is 21.3. The summed E-state index contributed by atoms with van der Waals surface area (Å²) in [6.45, 7) is 12.3. The third kappa shape index (κ3) is 4.76. The van der Waals surface area contributed by atoms with Crippen LogP contribution in [0.25, 0.3) is 11.3 Å². The Hall–Kier alpha value is -2.28. The summed E-state index contributed by atoms with van der Waals surface area (Å²) in [6, 6.07) is 3.82. The fraction of sp³-hybridized carbons (Fsp3) is 0.476. The number of carbonyl (C=O) groups is 1. The first kappa shape index (κ1) is 22.0. The monoisotopic (exact) mass is 403 g/mol. The minimum atomic E-state index is -0.590. The molecule has 2 rings (SSSR count). The van der Waals surface area contributed by atoms with Crippen LogP contribution in [0.15, 0.2) is 23.5 Å². The van der Waals surface area contributed by atoms with E-state index in [1.807, 2.05) is 59.9 Å². The van der Waals surface area contributed by atoms with Gasteiger partial charge in [0.15, 0.2) is 10.9 Å². The minimum absolute atomic E-state index is 0.266. The van der Waals surface area contributed by atoms with E-state index in [4.69, 9.17) is 4.74 Å². The van der Waals surface area contributed by atoms with Gasteiger partial charge in [-0.3, -0.25) is 0 Å². The molecule has 7 heteroatoms. The van der Waals surface area contributed by atoms with Crippen LogP contribution in [0.3, 0.4) is 0 Å². The van der Waals surface area contributed by atoms with Gasteiger partial charge in [0.25, 0.3) is 0 Å². The minimum Gasteiger partial charge on any atom is -0.507 e. The number of hydrogen-bond acceptors (Lipinski definition) is 6. The van der Waals surface area contributed by atoms with Crippen molar-refractivity contribution in [3.8, 4) is 22.8 Å². The van der Waals surface area contributed by atoms with Crippen LogP contribution in [0.4, 0.5) is 4.79 Å². The number of aromatic nitrogens is 2. The Labute approximate surface area is 171 Å². The van der Waals surface area contributed by atoms with E-state index in [1.54, 1.807) is 0 Å². The van der Waals surface area contributed by atoms with Gasteiger partial charge >= 0.3 is 6.09 Å². The van der Waals surface area contributed by atoms with E-state index < -0.39 is 6.09 Å². The summed E-state index contributed by atoms with van der Waals surface area (Å²) in [5, 5.41) is 14.0. The summed E-state index contributed by atoms with van der Waals surface area (Å²) in [6.07, 6.45) is 2.80. The SMILES string of the molecule is CNC(=O)Oc1cnc(SC)nc1-c1cc(C(C)(C)C)c(O)c(C(C)(C)C)c1. The fourth-order valence-electron chi connectivity index (χ4n) is 2.80. The number of aromatic hydroxyl groups is 1. The van der Waals surface area contributed by atoms with Gasteiger partial charge in [0.1, 0.15) is 11.4 Å². The molecule has 1 aromatic carbocycles. The van der Waals surface area contributed by atoms with Crippen molar-refractivity contribution in [2.45, 2.75) is 57.5 Å². The van der Waals surface area contributed by atoms with Gasteiger partial charge in [0.2, 0.25) is 0 Å². The number of ether oxygens (including phenoxy) is 1. The summed E-state index contributed by atoms with van der Waals surface area (Å²) < 4.78 is 5.38. The van der Waals surface area contributed by atoms with Crippen molar-refractivity contribution in [2.24, 2.45) is 0 Å². The van der Waals surface area contributed by atoms with Gasteiger partial charge < -0.3 is 15.2 Å². The molecule has 2 aromatic rings. The molecule has 0 fully saturated rings. The number of carbonyl (C=O) groups excluding carboxylic acids is 1. The Balaban J connectivity index is 2.81. The molecule has 0 radical (unpaired) electrons. The lowest BCUT2D eigenvalue weighted by atomic mass is 9.78. The van der Waals surface area contributed by atoms with Crippen molar-refractivity contribution in [1.29, 1.82) is 0 Å². The maximum absolute atomic E-state index is 11.8. The van der Waals surface area contributed by atoms with Crippen LogP contribution >= 0.6 is 11.8 Å². The fourth-order valence-corrected chi connectivity index (χ4v) is 3.14. The van der Waals surface area contributed by atoms with E-state index in [2.05, 4.69) is 15.3 Å². The number of thioether (sulfide) groups is 1. The van der Waals surface area contributed by atoms with Gasteiger partial charge in [0, 0.05) is 23.7 Å². The van der Waals surface area contributed by atoms with E-state index in [9.17, 15) is 9.90 Å². The lowest BCUT2D eigenvalue weighted by molar-refractivity contribution is 0.202. The molecule has 152 valence electrons. The first-order valence-electron chi connectivity index (χ1n) is 9.07. The Morgan fingerprint density at radius 3 is 2.07 bits per heavy atom. The van der Waals surface area contributed by atoms with Crippen molar-refractivity contribution in [3.05, 3.63) is 29.5 Å². The van der Waals surface area contributed by atoms with Crippen molar-refractivity contribution < 1.29 is 14.6 Å². The molecule has 0 saturated heterocycles. The van der Waals surface area contributed by atoms with Crippen LogP contribution in [-0.2, 0) is 10.8 Å². The molecule has 0 saturated carbocycles. The number of rotatable bonds is 3. The topological polar surface area (TPSA) is 84.3 Å². The molecule has 1 aromatic heterocycles. The molecule has 1 heterocycles. The Bertz CT molecular complexity index is 848. The number of phenolic OH excluding ortho intramolecular Hbond substituents is 1. The van der Waals surface area contributed by atoms with Crippen LogP contribution in [0.2, 0.25) is 0 Å². The van der Waals surface area contributed by atoms with Gasteiger partial charge in [-0.1, -0.05) is 53.3 Å². The number of phenols is 1. The molecule has 2 N–H and O–H groups in total. The highest BCUT2D eigenvalue weighted by Crippen LogP contribution is 2.43. The van der Waals surface area contributed by atoms with Crippen LogP contribution in [0.1, 0.15) is 52.7 Å². The standard InChI is InChI=1S/C21H29N3O3S/c1-20(2,3)13-9-12(10-14(17(13)25)21(4,5)6)16-15(27-19(26)22-7)11-23-18(24-16)28-8/h9-11,25H,1-8H3,(H,22,26). The molecule has 0 aliphatic carbocycles. The molecule has 28 heavy (non-hydrogen) atoms. The second-order valence-electron chi connectivity index (χ2n) is 8.63. The number of amides is 1. The van der Waals surface area contributed by atoms with Crippen molar-refractivity contribution >= 4 is 17.9 Å². The van der Waals surface area contributed by atoms with E-state index in [0.717, 1.165) is 16.7 Å². The van der Waals surface area contributed by atoms with E-state index in [1.165, 1.54) is 25.0 Å². The Morgan fingerprint density at radius 1 is 1.11 bits per heavy atom. The number of hydrogen-bond donors (Lipinski definition) is 2. The summed E-state index contributed by atoms with van der Waals surface area (Å²) in [5.74, 6) is 0.555. The molecule has 0 unspecified atom stereocenters. The van der Waals surface area contributed by atoms with Crippen molar-refractivity contribution in [2.75, 3.05) is 13.3 Å². The van der Waals surface area contributed by atoms with Crippen molar-refractivity contribution in [1.82, 2.24) is 15.3 Å². The molecular weight excluding hydrogens is 374 g/mol. The van der Waals surface area contributed by atoms with Crippen LogP contribution in [-0.4, -0.2) is 34.5 Å². The van der Waals surface area contributed by atoms with Crippen LogP contribution in [0, 0.1) is 0 Å². The zero-order valence-corrected chi connectivity index (χ0v) is 18.6. The highest BCUT2D eigenvalue weighted by molar-refractivity contribution is 7.98. The zero-order valence-electron chi connectivity index (χ0n) is 17.8. The maximum atomic E-state index is 11.8. The predicted molar refractivity (Wildman–Crippen MR) is 113 cm³/mol. The Kier molecular flexibility index (Phi) is 6.28. The van der Waals surface area contributed by atoms with Crippen molar-refractivity contribution in [3.63, 3.8) is 0 Å². The molecule has 0 atom stereocenters. The van der Waals surface area contributed by atoms with E-state index >= 15 is 0 Å². The van der Waals surface area contributed by atoms with E-state index in [0.29, 0.717) is 10.9 Å². The van der Waals surface area contributed by atoms with Crippen LogP contribution < -0.4 is 10.1 Å². The van der Waals surface area contributed by atoms with Gasteiger partial charge in [0.05, 0.1) is 6.20 Å². The first-order valence-corrected chi connectivity index (χ1v) is 10.3. The molecule has 0 bridgehead atoms. The lowest BCUT2D eigenvalue weighted by Gasteiger charge is -2.28. The third-order valence-electron chi connectivity index (χ3n) is 4.32. The predicted octanol–water partition coefficient (Wildman–Crippen LogP) is 4.88. The highest BCUT2D eigenvalue weighted by atomic mass is 32.2. The number of nitrogens with zero attached hydrogens (tertiary/aromatic N) is 2. The molecule has 1 amide bonds. The summed E-state index contributed by atoms with van der Waals surface area (Å²) in [4.78, 5) is 20.6. The largest absolute Gasteiger partial charge is 0.507 e. The maximum Gasteiger partial charge on any atom is 0.412 e. The second kappa shape index (κ2) is 7.99. The summed E-state index contributed by atoms with van der Waals surface area (Å²) in [7, 11) is 1.50. The molecule has 0 aliphatic rings. The van der Waals surface area contributed by atoms with Gasteiger partial charge in [-0.15, -0.1) is 0 Å². The number of nitrogens with one attached hydrogen (secondary N) is 1. The van der Waals surface area contributed by atoms with Crippen LogP contribution in [0.5, 0.6) is 11.5 Å². The average molecular weight is 404 g/mol. The molecule has 0 spiro atoms. The summed E-state index contributed by atoms with van der Waals surface area (Å²) in [5.41, 5.74) is 2.34. The quantitative estimate of drug-likeness (QED) is 0.561.